The molecule has 3 nitrogen and oxygen atoms in total. The molecule has 0 aliphatic carbocycles. The lowest BCUT2D eigenvalue weighted by Gasteiger charge is -1.96. The Kier molecular flexibility index (Phi) is 20.3. The maximum atomic E-state index is 7.00. The minimum Gasteiger partial charge on any atom is -0.400 e. The summed E-state index contributed by atoms with van der Waals surface area (Å²) in [5.74, 6) is 0. The van der Waals surface area contributed by atoms with Gasteiger partial charge in [0, 0.05) is 20.8 Å². The molecule has 58 valence electrons. The lowest BCUT2D eigenvalue weighted by atomic mass is 10.7. The van der Waals surface area contributed by atoms with Gasteiger partial charge in [-0.3, -0.25) is 0 Å². The lowest BCUT2D eigenvalue weighted by molar-refractivity contribution is 0.0777. The van der Waals surface area contributed by atoms with E-state index in [4.69, 9.17) is 14.6 Å². The van der Waals surface area contributed by atoms with Crippen LogP contribution in [0.15, 0.2) is 0 Å². The van der Waals surface area contributed by atoms with Crippen molar-refractivity contribution in [3.63, 3.8) is 0 Å². The zero-order valence-corrected chi connectivity index (χ0v) is 6.39. The summed E-state index contributed by atoms with van der Waals surface area (Å²) >= 11 is 0. The Balaban J connectivity index is 0. The van der Waals surface area contributed by atoms with Gasteiger partial charge in [0.25, 0.3) is 0 Å². The Morgan fingerprint density at radius 3 is 2.11 bits per heavy atom. The summed E-state index contributed by atoms with van der Waals surface area (Å²) in [6.07, 6.45) is 0. The monoisotopic (exact) mass is 136 g/mol. The fraction of sp³-hybridized carbons (Fsp3) is 1.00. The van der Waals surface area contributed by atoms with Crippen LogP contribution in [0.3, 0.4) is 0 Å². The summed E-state index contributed by atoms with van der Waals surface area (Å²) < 4.78 is 9.67. The van der Waals surface area contributed by atoms with E-state index in [-0.39, 0.29) is 0 Å². The van der Waals surface area contributed by atoms with E-state index in [1.165, 1.54) is 0 Å². The van der Waals surface area contributed by atoms with Gasteiger partial charge in [0.1, 0.15) is 0 Å². The van der Waals surface area contributed by atoms with Gasteiger partial charge in [-0.25, -0.2) is 0 Å². The fourth-order valence-corrected chi connectivity index (χ4v) is 0.287. The van der Waals surface area contributed by atoms with Gasteiger partial charge >= 0.3 is 0 Å². The first-order valence-corrected chi connectivity index (χ1v) is 2.93. The molecule has 3 heteroatoms. The first-order valence-electron chi connectivity index (χ1n) is 2.93. The van der Waals surface area contributed by atoms with E-state index < -0.39 is 0 Å². The molecule has 0 saturated heterocycles. The van der Waals surface area contributed by atoms with Crippen LogP contribution >= 0.6 is 0 Å². The molecule has 0 aromatic heterocycles. The summed E-state index contributed by atoms with van der Waals surface area (Å²) in [7, 11) is 2.67. The number of ether oxygens (including phenoxy) is 2. The molecule has 9 heavy (non-hydrogen) atoms. The molecule has 0 bridgehead atoms. The predicted octanol–water partition coefficient (Wildman–Crippen LogP) is 0.278. The van der Waals surface area contributed by atoms with Crippen molar-refractivity contribution < 1.29 is 14.6 Å². The topological polar surface area (TPSA) is 38.7 Å². The summed E-state index contributed by atoms with van der Waals surface area (Å²) in [5, 5.41) is 7.00. The maximum absolute atomic E-state index is 7.00. The van der Waals surface area contributed by atoms with E-state index in [1.54, 1.807) is 7.11 Å². The molecule has 0 radical (unpaired) electrons. The third kappa shape index (κ3) is 18.1. The second-order valence-electron chi connectivity index (χ2n) is 1.19. The zero-order chi connectivity index (χ0) is 7.54. The van der Waals surface area contributed by atoms with Crippen LogP contribution in [-0.2, 0) is 9.47 Å². The zero-order valence-electron chi connectivity index (χ0n) is 6.39. The van der Waals surface area contributed by atoms with E-state index in [9.17, 15) is 0 Å². The highest BCUT2D eigenvalue weighted by atomic mass is 16.5. The molecule has 0 unspecified atom stereocenters. The smallest absolute Gasteiger partial charge is 0.0700 e. The minimum atomic E-state index is 0.702. The van der Waals surface area contributed by atoms with E-state index in [0.29, 0.717) is 13.2 Å². The molecule has 0 aromatic carbocycles. The summed E-state index contributed by atoms with van der Waals surface area (Å²) in [6, 6.07) is 0. The van der Waals surface area contributed by atoms with E-state index in [0.717, 1.165) is 13.7 Å². The van der Waals surface area contributed by atoms with Crippen molar-refractivity contribution in [3.05, 3.63) is 0 Å². The molecule has 0 aliphatic rings. The molecular formula is C6H16O3. The van der Waals surface area contributed by atoms with Gasteiger partial charge in [0.15, 0.2) is 0 Å². The van der Waals surface area contributed by atoms with Crippen LogP contribution < -0.4 is 0 Å². The van der Waals surface area contributed by atoms with Gasteiger partial charge in [0.2, 0.25) is 0 Å². The van der Waals surface area contributed by atoms with Crippen molar-refractivity contribution >= 4 is 0 Å². The van der Waals surface area contributed by atoms with Gasteiger partial charge in [0.05, 0.1) is 13.2 Å². The number of rotatable bonds is 4. The van der Waals surface area contributed by atoms with Crippen LogP contribution in [0.2, 0.25) is 0 Å². The van der Waals surface area contributed by atoms with Crippen LogP contribution in [0.4, 0.5) is 0 Å². The van der Waals surface area contributed by atoms with Gasteiger partial charge < -0.3 is 14.6 Å². The molecule has 0 atom stereocenters. The third-order valence-corrected chi connectivity index (χ3v) is 0.636. The first kappa shape index (κ1) is 11.6. The highest BCUT2D eigenvalue weighted by Gasteiger charge is 1.78. The Labute approximate surface area is 56.6 Å². The van der Waals surface area contributed by atoms with Gasteiger partial charge in [-0.05, 0) is 6.92 Å². The SMILES string of the molecule is CCOCCOC.CO. The van der Waals surface area contributed by atoms with Crippen molar-refractivity contribution in [2.45, 2.75) is 6.92 Å². The van der Waals surface area contributed by atoms with Gasteiger partial charge in [-0.1, -0.05) is 0 Å². The van der Waals surface area contributed by atoms with Gasteiger partial charge in [-0.2, -0.15) is 0 Å². The molecule has 0 rings (SSSR count). The van der Waals surface area contributed by atoms with Crippen molar-refractivity contribution in [1.82, 2.24) is 0 Å². The van der Waals surface area contributed by atoms with Crippen LogP contribution in [0.5, 0.6) is 0 Å². The number of methoxy groups -OCH3 is 1. The van der Waals surface area contributed by atoms with E-state index in [2.05, 4.69) is 0 Å². The van der Waals surface area contributed by atoms with E-state index >= 15 is 0 Å². The number of aliphatic hydroxyl groups is 1. The van der Waals surface area contributed by atoms with Crippen molar-refractivity contribution in [3.8, 4) is 0 Å². The molecule has 0 fully saturated rings. The first-order chi connectivity index (χ1) is 4.41. The molecule has 0 heterocycles. The number of hydrogen-bond acceptors (Lipinski definition) is 3. The summed E-state index contributed by atoms with van der Waals surface area (Å²) in [6.45, 7) is 4.17. The van der Waals surface area contributed by atoms with Crippen LogP contribution in [0.25, 0.3) is 0 Å². The van der Waals surface area contributed by atoms with Crippen LogP contribution in [0.1, 0.15) is 6.92 Å². The lowest BCUT2D eigenvalue weighted by Crippen LogP contribution is -2.00. The largest absolute Gasteiger partial charge is 0.400 e. The molecule has 0 amide bonds. The number of aliphatic hydroxyl groups excluding tert-OH is 1. The normalized spacial score (nSPS) is 8.00. The standard InChI is InChI=1S/C5H12O2.CH4O/c1-3-7-5-4-6-2;1-2/h3-5H2,1-2H3;2H,1H3. The summed E-state index contributed by atoms with van der Waals surface area (Å²) in [4.78, 5) is 0. The fourth-order valence-electron chi connectivity index (χ4n) is 0.287. The van der Waals surface area contributed by atoms with Crippen molar-refractivity contribution in [2.24, 2.45) is 0 Å². The minimum absolute atomic E-state index is 0.702. The Morgan fingerprint density at radius 2 is 1.78 bits per heavy atom. The predicted molar refractivity (Wildman–Crippen MR) is 36.5 cm³/mol. The molecule has 0 aliphatic heterocycles. The quantitative estimate of drug-likeness (QED) is 0.564. The van der Waals surface area contributed by atoms with Crippen molar-refractivity contribution in [2.75, 3.05) is 34.0 Å². The summed E-state index contributed by atoms with van der Waals surface area (Å²) in [5.41, 5.74) is 0. The second-order valence-corrected chi connectivity index (χ2v) is 1.19. The highest BCUT2D eigenvalue weighted by Crippen LogP contribution is 1.71. The molecular weight excluding hydrogens is 120 g/mol. The molecule has 1 N–H and O–H groups in total. The van der Waals surface area contributed by atoms with Crippen LogP contribution in [0, 0.1) is 0 Å². The maximum Gasteiger partial charge on any atom is 0.0700 e. The van der Waals surface area contributed by atoms with E-state index in [1.807, 2.05) is 6.92 Å². The van der Waals surface area contributed by atoms with Crippen LogP contribution in [-0.4, -0.2) is 39.1 Å². The Hall–Kier alpha value is -0.120. The third-order valence-electron chi connectivity index (χ3n) is 0.636. The molecule has 0 aromatic rings. The number of hydrogen-bond donors (Lipinski definition) is 1. The Bertz CT molecular complexity index is 27.5. The highest BCUT2D eigenvalue weighted by molar-refractivity contribution is 4.21. The average Bonchev–Trinajstić information content (AvgIpc) is 1.94. The molecule has 0 spiro atoms. The average molecular weight is 136 g/mol. The second kappa shape index (κ2) is 15.7. The van der Waals surface area contributed by atoms with Gasteiger partial charge in [-0.15, -0.1) is 0 Å². The van der Waals surface area contributed by atoms with Crippen molar-refractivity contribution in [1.29, 1.82) is 0 Å². The molecule has 0 saturated carbocycles. The Morgan fingerprint density at radius 1 is 1.22 bits per heavy atom.